The van der Waals surface area contributed by atoms with E-state index in [0.29, 0.717) is 16.7 Å². The van der Waals surface area contributed by atoms with Gasteiger partial charge in [-0.2, -0.15) is 0 Å². The van der Waals surface area contributed by atoms with E-state index in [2.05, 4.69) is 17.2 Å². The van der Waals surface area contributed by atoms with Gasteiger partial charge in [-0.05, 0) is 30.7 Å². The fraction of sp³-hybridized carbons (Fsp3) is 0.500. The second-order valence-electron chi connectivity index (χ2n) is 4.43. The number of carboxylic acid groups (broad SMARTS) is 1. The van der Waals surface area contributed by atoms with Crippen molar-refractivity contribution in [2.24, 2.45) is 5.41 Å². The molecular formula is C12H16N2O2. The summed E-state index contributed by atoms with van der Waals surface area (Å²) in [6, 6.07) is 1.52. The molecule has 1 aliphatic carbocycles. The minimum absolute atomic E-state index is 0.293. The summed E-state index contributed by atoms with van der Waals surface area (Å²) >= 11 is 0. The van der Waals surface area contributed by atoms with Gasteiger partial charge in [0.2, 0.25) is 0 Å². The average Bonchev–Trinajstić information content (AvgIpc) is 3.07. The summed E-state index contributed by atoms with van der Waals surface area (Å²) in [5.41, 5.74) is 1.31. The summed E-state index contributed by atoms with van der Waals surface area (Å²) in [5.74, 6) is -0.911. The molecule has 0 saturated heterocycles. The lowest BCUT2D eigenvalue weighted by molar-refractivity contribution is 0.0697. The van der Waals surface area contributed by atoms with E-state index in [-0.39, 0.29) is 0 Å². The fourth-order valence-electron chi connectivity index (χ4n) is 1.84. The Morgan fingerprint density at radius 2 is 2.38 bits per heavy atom. The van der Waals surface area contributed by atoms with Gasteiger partial charge in [-0.1, -0.05) is 6.92 Å². The molecule has 0 aliphatic heterocycles. The highest BCUT2D eigenvalue weighted by Gasteiger charge is 2.40. The van der Waals surface area contributed by atoms with Gasteiger partial charge in [0.25, 0.3) is 0 Å². The van der Waals surface area contributed by atoms with E-state index in [1.54, 1.807) is 6.20 Å². The molecule has 0 bridgehead atoms. The highest BCUT2D eigenvalue weighted by atomic mass is 16.4. The van der Waals surface area contributed by atoms with Gasteiger partial charge in [-0.15, -0.1) is 0 Å². The Bertz CT molecular complexity index is 400. The summed E-state index contributed by atoms with van der Waals surface area (Å²) in [5, 5.41) is 12.2. The van der Waals surface area contributed by atoms with Crippen LogP contribution in [0.15, 0.2) is 18.5 Å². The van der Waals surface area contributed by atoms with Crippen LogP contribution in [-0.2, 0) is 0 Å². The smallest absolute Gasteiger partial charge is 0.337 e. The minimum atomic E-state index is -0.911. The molecule has 0 spiro atoms. The van der Waals surface area contributed by atoms with Gasteiger partial charge in [0.05, 0.1) is 17.4 Å². The van der Waals surface area contributed by atoms with E-state index in [1.807, 2.05) is 0 Å². The van der Waals surface area contributed by atoms with Crippen LogP contribution in [0.2, 0.25) is 0 Å². The number of pyridine rings is 1. The zero-order valence-corrected chi connectivity index (χ0v) is 9.36. The Morgan fingerprint density at radius 3 is 2.94 bits per heavy atom. The summed E-state index contributed by atoms with van der Waals surface area (Å²) in [6.45, 7) is 3.02. The number of carboxylic acids is 1. The molecule has 1 heterocycles. The second-order valence-corrected chi connectivity index (χ2v) is 4.43. The van der Waals surface area contributed by atoms with Gasteiger partial charge in [0.1, 0.15) is 0 Å². The number of rotatable bonds is 5. The molecular weight excluding hydrogens is 204 g/mol. The number of anilines is 1. The van der Waals surface area contributed by atoms with Crippen LogP contribution in [0.1, 0.15) is 36.5 Å². The third-order valence-electron chi connectivity index (χ3n) is 3.41. The van der Waals surface area contributed by atoms with E-state index in [0.717, 1.165) is 13.0 Å². The number of aromatic carboxylic acids is 1. The van der Waals surface area contributed by atoms with E-state index < -0.39 is 5.97 Å². The Balaban J connectivity index is 2.06. The van der Waals surface area contributed by atoms with Crippen LogP contribution in [0.5, 0.6) is 0 Å². The summed E-state index contributed by atoms with van der Waals surface area (Å²) in [4.78, 5) is 14.9. The van der Waals surface area contributed by atoms with Crippen LogP contribution in [0.4, 0.5) is 5.69 Å². The van der Waals surface area contributed by atoms with Gasteiger partial charge in [0.15, 0.2) is 0 Å². The molecule has 1 aromatic rings. The number of hydrogen-bond acceptors (Lipinski definition) is 3. The SMILES string of the molecule is CCC1(CNc2cnccc2C(=O)O)CC1. The van der Waals surface area contributed by atoms with Crippen molar-refractivity contribution in [2.75, 3.05) is 11.9 Å². The Hall–Kier alpha value is -1.58. The molecule has 16 heavy (non-hydrogen) atoms. The van der Waals surface area contributed by atoms with Crippen molar-refractivity contribution in [1.82, 2.24) is 4.98 Å². The molecule has 0 radical (unpaired) electrons. The quantitative estimate of drug-likeness (QED) is 0.799. The van der Waals surface area contributed by atoms with Crippen LogP contribution in [-0.4, -0.2) is 22.6 Å². The zero-order chi connectivity index (χ0) is 11.6. The molecule has 0 atom stereocenters. The van der Waals surface area contributed by atoms with Crippen LogP contribution in [0, 0.1) is 5.41 Å². The number of nitrogens with one attached hydrogen (secondary N) is 1. The third-order valence-corrected chi connectivity index (χ3v) is 3.41. The first kappa shape index (κ1) is 10.9. The lowest BCUT2D eigenvalue weighted by Gasteiger charge is -2.15. The lowest BCUT2D eigenvalue weighted by atomic mass is 10.0. The first-order valence-electron chi connectivity index (χ1n) is 5.58. The molecule has 4 nitrogen and oxygen atoms in total. The van der Waals surface area contributed by atoms with E-state index >= 15 is 0 Å². The zero-order valence-electron chi connectivity index (χ0n) is 9.36. The molecule has 2 N–H and O–H groups in total. The molecule has 0 unspecified atom stereocenters. The maximum Gasteiger partial charge on any atom is 0.337 e. The molecule has 2 rings (SSSR count). The predicted octanol–water partition coefficient (Wildman–Crippen LogP) is 2.38. The van der Waals surface area contributed by atoms with Gasteiger partial charge >= 0.3 is 5.97 Å². The monoisotopic (exact) mass is 220 g/mol. The Labute approximate surface area is 94.7 Å². The van der Waals surface area contributed by atoms with Crippen molar-refractivity contribution in [3.8, 4) is 0 Å². The van der Waals surface area contributed by atoms with Crippen LogP contribution >= 0.6 is 0 Å². The topological polar surface area (TPSA) is 62.2 Å². The predicted molar refractivity (Wildman–Crippen MR) is 61.6 cm³/mol. The molecule has 1 aromatic heterocycles. The number of nitrogens with zero attached hydrogens (tertiary/aromatic N) is 1. The summed E-state index contributed by atoms with van der Waals surface area (Å²) in [7, 11) is 0. The fourth-order valence-corrected chi connectivity index (χ4v) is 1.84. The maximum atomic E-state index is 11.0. The van der Waals surface area contributed by atoms with Crippen molar-refractivity contribution in [3.63, 3.8) is 0 Å². The van der Waals surface area contributed by atoms with Crippen LogP contribution in [0.3, 0.4) is 0 Å². The van der Waals surface area contributed by atoms with Crippen molar-refractivity contribution in [1.29, 1.82) is 0 Å². The maximum absolute atomic E-state index is 11.0. The van der Waals surface area contributed by atoms with E-state index in [4.69, 9.17) is 5.11 Å². The van der Waals surface area contributed by atoms with Gasteiger partial charge in [-0.3, -0.25) is 4.98 Å². The first-order chi connectivity index (χ1) is 7.67. The third kappa shape index (κ3) is 2.15. The summed E-state index contributed by atoms with van der Waals surface area (Å²) in [6.07, 6.45) is 6.69. The Morgan fingerprint density at radius 1 is 1.62 bits per heavy atom. The largest absolute Gasteiger partial charge is 0.478 e. The average molecular weight is 220 g/mol. The van der Waals surface area contributed by atoms with Crippen molar-refractivity contribution in [2.45, 2.75) is 26.2 Å². The highest BCUT2D eigenvalue weighted by Crippen LogP contribution is 2.48. The second kappa shape index (κ2) is 4.12. The lowest BCUT2D eigenvalue weighted by Crippen LogP contribution is -2.16. The van der Waals surface area contributed by atoms with Crippen LogP contribution in [0.25, 0.3) is 0 Å². The van der Waals surface area contributed by atoms with Crippen molar-refractivity contribution < 1.29 is 9.90 Å². The van der Waals surface area contributed by atoms with E-state index in [1.165, 1.54) is 25.1 Å². The first-order valence-corrected chi connectivity index (χ1v) is 5.58. The number of hydrogen-bond donors (Lipinski definition) is 2. The van der Waals surface area contributed by atoms with Gasteiger partial charge < -0.3 is 10.4 Å². The minimum Gasteiger partial charge on any atom is -0.478 e. The highest BCUT2D eigenvalue weighted by molar-refractivity contribution is 5.93. The van der Waals surface area contributed by atoms with Gasteiger partial charge in [0, 0.05) is 12.7 Å². The molecule has 4 heteroatoms. The number of aromatic nitrogens is 1. The van der Waals surface area contributed by atoms with Crippen molar-refractivity contribution in [3.05, 3.63) is 24.0 Å². The molecule has 1 fully saturated rings. The molecule has 1 aliphatic rings. The van der Waals surface area contributed by atoms with Crippen LogP contribution < -0.4 is 5.32 Å². The van der Waals surface area contributed by atoms with Gasteiger partial charge in [-0.25, -0.2) is 4.79 Å². The van der Waals surface area contributed by atoms with E-state index in [9.17, 15) is 4.79 Å². The van der Waals surface area contributed by atoms with Crippen molar-refractivity contribution >= 4 is 11.7 Å². The molecule has 0 amide bonds. The molecule has 86 valence electrons. The Kier molecular flexibility index (Phi) is 2.81. The normalized spacial score (nSPS) is 16.8. The standard InChI is InChI=1S/C12H16N2O2/c1-2-12(4-5-12)8-14-10-7-13-6-3-9(10)11(15)16/h3,6-7,14H,2,4-5,8H2,1H3,(H,15,16). The molecule has 0 aromatic carbocycles. The molecule has 1 saturated carbocycles. The number of carbonyl (C=O) groups is 1. The summed E-state index contributed by atoms with van der Waals surface area (Å²) < 4.78 is 0.